The van der Waals surface area contributed by atoms with Gasteiger partial charge in [-0.2, -0.15) is 0 Å². The van der Waals surface area contributed by atoms with Gasteiger partial charge in [0.05, 0.1) is 18.0 Å². The summed E-state index contributed by atoms with van der Waals surface area (Å²) >= 11 is 1.57. The van der Waals surface area contributed by atoms with Crippen molar-refractivity contribution >= 4 is 17.2 Å². The molecule has 27 heavy (non-hydrogen) atoms. The van der Waals surface area contributed by atoms with E-state index in [4.69, 9.17) is 4.42 Å². The molecule has 3 aromatic heterocycles. The number of carbonyl (C=O) groups is 1. The molecule has 10 heteroatoms. The van der Waals surface area contributed by atoms with Crippen LogP contribution in [-0.2, 0) is 24.4 Å². The largest absolute Gasteiger partial charge is 0.440 e. The molecule has 1 saturated heterocycles. The number of hydrogen-bond donors (Lipinski definition) is 1. The fraction of sp³-hybridized carbons (Fsp3) is 0.471. The molecule has 0 bridgehead atoms. The number of aromatic nitrogens is 5. The van der Waals surface area contributed by atoms with Crippen molar-refractivity contribution in [2.24, 2.45) is 0 Å². The van der Waals surface area contributed by atoms with Crippen molar-refractivity contribution in [3.05, 3.63) is 34.8 Å². The maximum absolute atomic E-state index is 12.3. The van der Waals surface area contributed by atoms with Gasteiger partial charge in [-0.3, -0.25) is 9.69 Å². The highest BCUT2D eigenvalue weighted by Crippen LogP contribution is 2.25. The van der Waals surface area contributed by atoms with Crippen LogP contribution in [0.15, 0.2) is 21.9 Å². The van der Waals surface area contributed by atoms with Gasteiger partial charge in [0.25, 0.3) is 0 Å². The molecule has 0 unspecified atom stereocenters. The third-order valence-electron chi connectivity index (χ3n) is 4.54. The highest BCUT2D eigenvalue weighted by atomic mass is 32.1. The van der Waals surface area contributed by atoms with E-state index in [2.05, 4.69) is 30.7 Å². The predicted molar refractivity (Wildman–Crippen MR) is 98.7 cm³/mol. The first-order chi connectivity index (χ1) is 13.2. The summed E-state index contributed by atoms with van der Waals surface area (Å²) in [5, 5.41) is 16.6. The van der Waals surface area contributed by atoms with E-state index in [1.165, 1.54) is 12.8 Å². The van der Waals surface area contributed by atoms with Crippen molar-refractivity contribution in [3.63, 3.8) is 0 Å². The average molecular weight is 387 g/mol. The second-order valence-electron chi connectivity index (χ2n) is 6.51. The van der Waals surface area contributed by atoms with Crippen molar-refractivity contribution in [3.8, 4) is 10.8 Å². The molecule has 0 aromatic carbocycles. The van der Waals surface area contributed by atoms with Crippen LogP contribution in [-0.4, -0.2) is 49.1 Å². The molecule has 142 valence electrons. The van der Waals surface area contributed by atoms with Gasteiger partial charge in [-0.25, -0.2) is 9.67 Å². The van der Waals surface area contributed by atoms with Crippen LogP contribution in [0, 0.1) is 6.92 Å². The molecule has 1 amide bonds. The van der Waals surface area contributed by atoms with Gasteiger partial charge in [0.15, 0.2) is 5.82 Å². The van der Waals surface area contributed by atoms with Crippen LogP contribution in [0.3, 0.4) is 0 Å². The van der Waals surface area contributed by atoms with E-state index in [-0.39, 0.29) is 12.5 Å². The minimum absolute atomic E-state index is 0.0881. The summed E-state index contributed by atoms with van der Waals surface area (Å²) in [6.07, 6.45) is 2.40. The smallest absolute Gasteiger partial charge is 0.242 e. The SMILES string of the molecule is Cc1oc(-c2cccs2)nc1CNC(=O)Cn1nnnc1CN1CCCC1. The first-order valence-electron chi connectivity index (χ1n) is 8.93. The first-order valence-corrected chi connectivity index (χ1v) is 9.81. The molecule has 1 N–H and O–H groups in total. The fourth-order valence-electron chi connectivity index (χ4n) is 3.07. The molecule has 0 spiro atoms. The topological polar surface area (TPSA) is 102 Å². The number of nitrogens with zero attached hydrogens (tertiary/aromatic N) is 6. The Hall–Kier alpha value is -2.59. The molecule has 0 saturated carbocycles. The van der Waals surface area contributed by atoms with Gasteiger partial charge >= 0.3 is 0 Å². The van der Waals surface area contributed by atoms with E-state index in [1.807, 2.05) is 24.4 Å². The number of carbonyl (C=O) groups excluding carboxylic acids is 1. The number of rotatable bonds is 7. The van der Waals surface area contributed by atoms with Gasteiger partial charge in [-0.05, 0) is 54.7 Å². The summed E-state index contributed by atoms with van der Waals surface area (Å²) < 4.78 is 7.25. The van der Waals surface area contributed by atoms with E-state index in [1.54, 1.807) is 16.0 Å². The third kappa shape index (κ3) is 4.22. The molecule has 0 atom stereocenters. The second-order valence-corrected chi connectivity index (χ2v) is 7.46. The number of oxazole rings is 1. The van der Waals surface area contributed by atoms with Crippen LogP contribution in [0.2, 0.25) is 0 Å². The molecule has 9 nitrogen and oxygen atoms in total. The Morgan fingerprint density at radius 2 is 2.22 bits per heavy atom. The maximum Gasteiger partial charge on any atom is 0.242 e. The summed E-state index contributed by atoms with van der Waals surface area (Å²) in [5.41, 5.74) is 0.723. The van der Waals surface area contributed by atoms with Crippen molar-refractivity contribution in [1.82, 2.24) is 35.4 Å². The van der Waals surface area contributed by atoms with E-state index >= 15 is 0 Å². The fourth-order valence-corrected chi connectivity index (χ4v) is 3.72. The Balaban J connectivity index is 1.33. The van der Waals surface area contributed by atoms with E-state index in [0.29, 0.717) is 30.6 Å². The molecular weight excluding hydrogens is 366 g/mol. The second kappa shape index (κ2) is 7.97. The van der Waals surface area contributed by atoms with Gasteiger partial charge < -0.3 is 9.73 Å². The summed E-state index contributed by atoms with van der Waals surface area (Å²) in [5.74, 6) is 1.84. The number of nitrogens with one attached hydrogen (secondary N) is 1. The number of amides is 1. The Bertz CT molecular complexity index is 896. The van der Waals surface area contributed by atoms with Gasteiger partial charge in [0.1, 0.15) is 18.0 Å². The quantitative estimate of drug-likeness (QED) is 0.657. The lowest BCUT2D eigenvalue weighted by Crippen LogP contribution is -2.30. The van der Waals surface area contributed by atoms with Crippen LogP contribution in [0.1, 0.15) is 30.1 Å². The van der Waals surface area contributed by atoms with E-state index < -0.39 is 0 Å². The third-order valence-corrected chi connectivity index (χ3v) is 5.40. The zero-order chi connectivity index (χ0) is 18.6. The molecule has 0 aliphatic carbocycles. The Labute approximate surface area is 160 Å². The minimum Gasteiger partial charge on any atom is -0.440 e. The van der Waals surface area contributed by atoms with Crippen LogP contribution in [0.5, 0.6) is 0 Å². The molecular formula is C17H21N7O2S. The number of hydrogen-bond acceptors (Lipinski definition) is 8. The van der Waals surface area contributed by atoms with Gasteiger partial charge in [0.2, 0.25) is 11.8 Å². The zero-order valence-corrected chi connectivity index (χ0v) is 15.9. The Morgan fingerprint density at radius 1 is 1.37 bits per heavy atom. The summed E-state index contributed by atoms with van der Waals surface area (Å²) in [6.45, 7) is 5.02. The number of thiophene rings is 1. The summed E-state index contributed by atoms with van der Waals surface area (Å²) in [7, 11) is 0. The van der Waals surface area contributed by atoms with E-state index in [9.17, 15) is 4.79 Å². The standard InChI is InChI=1S/C17H21N7O2S/c1-12-13(19-17(26-12)14-5-4-8-27-14)9-18-16(25)11-24-15(20-21-22-24)10-23-6-2-3-7-23/h4-5,8H,2-3,6-7,9-11H2,1H3,(H,18,25). The number of likely N-dealkylation sites (tertiary alicyclic amines) is 1. The number of aryl methyl sites for hydroxylation is 1. The zero-order valence-electron chi connectivity index (χ0n) is 15.1. The molecule has 1 fully saturated rings. The molecule has 4 heterocycles. The number of tetrazole rings is 1. The van der Waals surface area contributed by atoms with Crippen molar-refractivity contribution in [2.75, 3.05) is 13.1 Å². The van der Waals surface area contributed by atoms with Crippen LogP contribution in [0.4, 0.5) is 0 Å². The lowest BCUT2D eigenvalue weighted by Gasteiger charge is -2.13. The molecule has 1 aliphatic rings. The highest BCUT2D eigenvalue weighted by Gasteiger charge is 2.18. The molecule has 4 rings (SSSR count). The average Bonchev–Trinajstić information content (AvgIpc) is 3.42. The van der Waals surface area contributed by atoms with Crippen molar-refractivity contribution in [1.29, 1.82) is 0 Å². The first kappa shape index (κ1) is 17.8. The predicted octanol–water partition coefficient (Wildman–Crippen LogP) is 1.61. The van der Waals surface area contributed by atoms with Gasteiger partial charge in [0, 0.05) is 0 Å². The van der Waals surface area contributed by atoms with E-state index in [0.717, 1.165) is 23.7 Å². The highest BCUT2D eigenvalue weighted by molar-refractivity contribution is 7.13. The van der Waals surface area contributed by atoms with Crippen LogP contribution < -0.4 is 5.32 Å². The Kier molecular flexibility index (Phi) is 5.26. The Morgan fingerprint density at radius 3 is 3.00 bits per heavy atom. The molecule has 0 radical (unpaired) electrons. The van der Waals surface area contributed by atoms with Gasteiger partial charge in [-0.15, -0.1) is 16.4 Å². The maximum atomic E-state index is 12.3. The lowest BCUT2D eigenvalue weighted by atomic mass is 10.3. The van der Waals surface area contributed by atoms with Gasteiger partial charge in [-0.1, -0.05) is 6.07 Å². The normalized spacial score (nSPS) is 14.7. The van der Waals surface area contributed by atoms with Crippen LogP contribution in [0.25, 0.3) is 10.8 Å². The molecule has 1 aliphatic heterocycles. The molecule has 3 aromatic rings. The van der Waals surface area contributed by atoms with Crippen LogP contribution >= 0.6 is 11.3 Å². The van der Waals surface area contributed by atoms with Crippen molar-refractivity contribution < 1.29 is 9.21 Å². The van der Waals surface area contributed by atoms with Crippen molar-refractivity contribution in [2.45, 2.75) is 39.4 Å². The summed E-state index contributed by atoms with van der Waals surface area (Å²) in [6, 6.07) is 3.91. The lowest BCUT2D eigenvalue weighted by molar-refractivity contribution is -0.122. The summed E-state index contributed by atoms with van der Waals surface area (Å²) in [4.78, 5) is 20.1. The minimum atomic E-state index is -0.162. The monoisotopic (exact) mass is 387 g/mol.